The fourth-order valence-corrected chi connectivity index (χ4v) is 4.08. The highest BCUT2D eigenvalue weighted by Gasteiger charge is 2.48. The fraction of sp³-hybridized carbons (Fsp3) is 0.259. The van der Waals surface area contributed by atoms with E-state index in [0.29, 0.717) is 41.7 Å². The number of ether oxygens (including phenoxy) is 2. The number of carbonyl (C=O) groups is 2. The quantitative estimate of drug-likeness (QED) is 0.279. The van der Waals surface area contributed by atoms with Crippen molar-refractivity contribution in [1.29, 1.82) is 0 Å². The van der Waals surface area contributed by atoms with Crippen LogP contribution in [0.3, 0.4) is 0 Å². The molecule has 7 nitrogen and oxygen atoms in total. The minimum Gasteiger partial charge on any atom is -0.507 e. The van der Waals surface area contributed by atoms with E-state index in [1.165, 1.54) is 11.2 Å². The number of rotatable bonds is 8. The summed E-state index contributed by atoms with van der Waals surface area (Å²) in [5, 5.41) is 11.4. The molecule has 2 heterocycles. The molecule has 1 saturated heterocycles. The summed E-state index contributed by atoms with van der Waals surface area (Å²) in [6.45, 7) is 6.54. The maximum absolute atomic E-state index is 13.3. The van der Waals surface area contributed by atoms with Crippen LogP contribution in [0.1, 0.15) is 43.7 Å². The Hall–Kier alpha value is -4.00. The molecule has 0 radical (unpaired) electrons. The van der Waals surface area contributed by atoms with E-state index in [1.54, 1.807) is 42.5 Å². The van der Waals surface area contributed by atoms with Crippen LogP contribution in [0.4, 0.5) is 5.69 Å². The van der Waals surface area contributed by atoms with E-state index in [1.807, 2.05) is 32.9 Å². The molecule has 0 saturated carbocycles. The van der Waals surface area contributed by atoms with Gasteiger partial charge in [0, 0.05) is 11.8 Å². The monoisotopic (exact) mass is 461 g/mol. The van der Waals surface area contributed by atoms with Gasteiger partial charge >= 0.3 is 0 Å². The van der Waals surface area contributed by atoms with Crippen LogP contribution in [-0.4, -0.2) is 30.0 Å². The van der Waals surface area contributed by atoms with Crippen LogP contribution in [0.25, 0.3) is 5.76 Å². The van der Waals surface area contributed by atoms with Crippen molar-refractivity contribution >= 4 is 23.1 Å². The number of carbonyl (C=O) groups excluding carboxylic acids is 2. The summed E-state index contributed by atoms with van der Waals surface area (Å²) in [7, 11) is 0. The van der Waals surface area contributed by atoms with Crippen LogP contribution in [-0.2, 0) is 16.0 Å². The Labute approximate surface area is 198 Å². The Morgan fingerprint density at radius 1 is 1.00 bits per heavy atom. The van der Waals surface area contributed by atoms with Crippen LogP contribution in [0.15, 0.2) is 70.9 Å². The fourth-order valence-electron chi connectivity index (χ4n) is 4.08. The number of aliphatic hydroxyl groups is 1. The maximum Gasteiger partial charge on any atom is 0.300 e. The second-order valence-electron chi connectivity index (χ2n) is 7.73. The van der Waals surface area contributed by atoms with Crippen LogP contribution in [0, 0.1) is 0 Å². The normalized spacial score (nSPS) is 17.3. The molecule has 1 amide bonds. The number of aliphatic hydroxyl groups excluding tert-OH is 1. The molecule has 7 heteroatoms. The van der Waals surface area contributed by atoms with E-state index in [9.17, 15) is 14.7 Å². The highest BCUT2D eigenvalue weighted by molar-refractivity contribution is 6.51. The first-order valence-electron chi connectivity index (χ1n) is 11.3. The number of anilines is 1. The van der Waals surface area contributed by atoms with E-state index in [-0.39, 0.29) is 11.3 Å². The summed E-state index contributed by atoms with van der Waals surface area (Å²) >= 11 is 0. The first kappa shape index (κ1) is 23.2. The third-order valence-corrected chi connectivity index (χ3v) is 5.70. The average Bonchev–Trinajstić information content (AvgIpc) is 3.46. The van der Waals surface area contributed by atoms with Crippen molar-refractivity contribution < 1.29 is 28.6 Å². The third-order valence-electron chi connectivity index (χ3n) is 5.70. The first-order valence-corrected chi connectivity index (χ1v) is 11.3. The van der Waals surface area contributed by atoms with Gasteiger partial charge < -0.3 is 19.0 Å². The standard InChI is InChI=1S/C27H27NO6/c1-4-17-9-11-18(12-10-17)28-24(21-8-7-15-34-21)23(26(30)27(28)31)25(29)20-14-13-19(32-5-2)16-22(20)33-6-3/h7-16,24,29H,4-6H2,1-3H3/b25-23-. The molecule has 1 N–H and O–H groups in total. The number of aryl methyl sites for hydroxylation is 1. The van der Waals surface area contributed by atoms with Gasteiger partial charge in [-0.3, -0.25) is 14.5 Å². The van der Waals surface area contributed by atoms with E-state index in [4.69, 9.17) is 13.9 Å². The van der Waals surface area contributed by atoms with E-state index in [2.05, 4.69) is 0 Å². The smallest absolute Gasteiger partial charge is 0.300 e. The molecule has 1 fully saturated rings. The van der Waals surface area contributed by atoms with Crippen LogP contribution >= 0.6 is 0 Å². The van der Waals surface area contributed by atoms with E-state index >= 15 is 0 Å². The zero-order valence-corrected chi connectivity index (χ0v) is 19.4. The van der Waals surface area contributed by atoms with Crippen molar-refractivity contribution in [2.24, 2.45) is 0 Å². The molecular weight excluding hydrogens is 434 g/mol. The molecule has 3 aromatic rings. The van der Waals surface area contributed by atoms with Gasteiger partial charge in [0.1, 0.15) is 29.1 Å². The molecule has 0 spiro atoms. The lowest BCUT2D eigenvalue weighted by Gasteiger charge is -2.23. The minimum absolute atomic E-state index is 0.0652. The van der Waals surface area contributed by atoms with Crippen molar-refractivity contribution in [3.8, 4) is 11.5 Å². The van der Waals surface area contributed by atoms with Gasteiger partial charge in [-0.1, -0.05) is 19.1 Å². The number of ketones is 1. The molecule has 1 unspecified atom stereocenters. The number of furan rings is 1. The van der Waals surface area contributed by atoms with Gasteiger partial charge in [-0.25, -0.2) is 0 Å². The van der Waals surface area contributed by atoms with Gasteiger partial charge in [0.25, 0.3) is 11.7 Å². The molecule has 1 aliphatic heterocycles. The van der Waals surface area contributed by atoms with Crippen molar-refractivity contribution in [3.05, 3.63) is 83.3 Å². The summed E-state index contributed by atoms with van der Waals surface area (Å²) in [6, 6.07) is 14.8. The van der Waals surface area contributed by atoms with Crippen LogP contribution < -0.4 is 14.4 Å². The number of hydrogen-bond donors (Lipinski definition) is 1. The molecular formula is C27H27NO6. The largest absolute Gasteiger partial charge is 0.507 e. The first-order chi connectivity index (χ1) is 16.5. The number of nitrogens with zero attached hydrogens (tertiary/aromatic N) is 1. The molecule has 1 atom stereocenters. The van der Waals surface area contributed by atoms with Crippen molar-refractivity contribution in [3.63, 3.8) is 0 Å². The van der Waals surface area contributed by atoms with Gasteiger partial charge in [0.15, 0.2) is 0 Å². The third kappa shape index (κ3) is 4.17. The number of amides is 1. The summed E-state index contributed by atoms with van der Waals surface area (Å²) in [5.41, 5.74) is 1.87. The maximum atomic E-state index is 13.3. The number of benzene rings is 2. The van der Waals surface area contributed by atoms with Gasteiger partial charge in [-0.15, -0.1) is 0 Å². The minimum atomic E-state index is -0.927. The lowest BCUT2D eigenvalue weighted by molar-refractivity contribution is -0.132. The van der Waals surface area contributed by atoms with E-state index in [0.717, 1.165) is 12.0 Å². The highest BCUT2D eigenvalue weighted by atomic mass is 16.5. The summed E-state index contributed by atoms with van der Waals surface area (Å²) in [6.07, 6.45) is 2.32. The van der Waals surface area contributed by atoms with Gasteiger partial charge in [0.05, 0.1) is 30.6 Å². The lowest BCUT2D eigenvalue weighted by Crippen LogP contribution is -2.29. The Balaban J connectivity index is 1.88. The summed E-state index contributed by atoms with van der Waals surface area (Å²) in [4.78, 5) is 27.8. The molecule has 4 rings (SSSR count). The molecule has 0 aliphatic carbocycles. The zero-order valence-electron chi connectivity index (χ0n) is 19.4. The van der Waals surface area contributed by atoms with Gasteiger partial charge in [-0.2, -0.15) is 0 Å². The topological polar surface area (TPSA) is 89.2 Å². The Bertz CT molecular complexity index is 1210. The predicted octanol–water partition coefficient (Wildman–Crippen LogP) is 5.27. The van der Waals surface area contributed by atoms with Crippen LogP contribution in [0.5, 0.6) is 11.5 Å². The SMILES string of the molecule is CCOc1ccc(/C(O)=C2/C(=O)C(=O)N(c3ccc(CC)cc3)C2c2ccco2)c(OCC)c1. The molecule has 176 valence electrons. The van der Waals surface area contributed by atoms with Gasteiger partial charge in [0.2, 0.25) is 0 Å². The Kier molecular flexibility index (Phi) is 6.72. The average molecular weight is 462 g/mol. The predicted molar refractivity (Wildman–Crippen MR) is 128 cm³/mol. The molecule has 1 aromatic heterocycles. The second kappa shape index (κ2) is 9.87. The summed E-state index contributed by atoms with van der Waals surface area (Å²) < 4.78 is 16.9. The van der Waals surface area contributed by atoms with Crippen molar-refractivity contribution in [2.75, 3.05) is 18.1 Å². The van der Waals surface area contributed by atoms with Gasteiger partial charge in [-0.05, 0) is 62.2 Å². The molecule has 1 aliphatic rings. The highest BCUT2D eigenvalue weighted by Crippen LogP contribution is 2.43. The Morgan fingerprint density at radius 3 is 2.35 bits per heavy atom. The molecule has 2 aromatic carbocycles. The van der Waals surface area contributed by atoms with E-state index < -0.39 is 17.7 Å². The Morgan fingerprint density at radius 2 is 1.74 bits per heavy atom. The second-order valence-corrected chi connectivity index (χ2v) is 7.73. The lowest BCUT2D eigenvalue weighted by atomic mass is 9.98. The number of hydrogen-bond acceptors (Lipinski definition) is 6. The molecule has 0 bridgehead atoms. The zero-order chi connectivity index (χ0) is 24.2. The van der Waals surface area contributed by atoms with Crippen LogP contribution in [0.2, 0.25) is 0 Å². The van der Waals surface area contributed by atoms with Crippen molar-refractivity contribution in [2.45, 2.75) is 33.2 Å². The molecule has 34 heavy (non-hydrogen) atoms. The number of Topliss-reactive ketones (excluding diaryl/α,β-unsaturated/α-hetero) is 1. The van der Waals surface area contributed by atoms with Crippen molar-refractivity contribution in [1.82, 2.24) is 0 Å². The summed E-state index contributed by atoms with van der Waals surface area (Å²) in [5.74, 6) is -0.585.